The molecular formula is C16H16NO+. The predicted octanol–water partition coefficient (Wildman–Crippen LogP) is 2.70. The lowest BCUT2D eigenvalue weighted by atomic mass is 10.0. The van der Waals surface area contributed by atoms with E-state index in [9.17, 15) is 0 Å². The van der Waals surface area contributed by atoms with Crippen molar-refractivity contribution in [2.45, 2.75) is 13.1 Å². The number of quaternary nitrogens is 1. The van der Waals surface area contributed by atoms with Gasteiger partial charge in [-0.3, -0.25) is 0 Å². The van der Waals surface area contributed by atoms with Crippen molar-refractivity contribution in [1.29, 1.82) is 0 Å². The second-order valence-electron chi connectivity index (χ2n) is 4.41. The topological polar surface area (TPSA) is 29.8 Å². The number of nitrogens with two attached hydrogens (primary N) is 1. The van der Waals surface area contributed by atoms with Gasteiger partial charge in [0.05, 0.1) is 6.26 Å². The lowest BCUT2D eigenvalue weighted by molar-refractivity contribution is -0.687. The van der Waals surface area contributed by atoms with E-state index in [-0.39, 0.29) is 0 Å². The second-order valence-corrected chi connectivity index (χ2v) is 4.41. The molecule has 0 saturated heterocycles. The Hall–Kier alpha value is -2.06. The highest BCUT2D eigenvalue weighted by Crippen LogP contribution is 2.17. The molecule has 0 aliphatic heterocycles. The van der Waals surface area contributed by atoms with Crippen LogP contribution < -0.4 is 5.32 Å². The Balaban J connectivity index is 1.74. The number of hydrogen-bond acceptors (Lipinski definition) is 1. The van der Waals surface area contributed by atoms with E-state index in [0.29, 0.717) is 0 Å². The molecule has 0 fully saturated rings. The van der Waals surface area contributed by atoms with E-state index in [1.165, 1.54) is 16.3 Å². The smallest absolute Gasteiger partial charge is 0.157 e. The first-order valence-electron chi connectivity index (χ1n) is 6.24. The van der Waals surface area contributed by atoms with Crippen molar-refractivity contribution in [1.82, 2.24) is 0 Å². The van der Waals surface area contributed by atoms with Crippen LogP contribution in [0, 0.1) is 0 Å². The average molecular weight is 238 g/mol. The SMILES string of the molecule is c1coc(C[NH2+]Cc2cccc3ccccc23)c1. The summed E-state index contributed by atoms with van der Waals surface area (Å²) in [5, 5.41) is 4.91. The fourth-order valence-electron chi connectivity index (χ4n) is 2.27. The number of furan rings is 1. The molecule has 0 saturated carbocycles. The van der Waals surface area contributed by atoms with Gasteiger partial charge in [0.1, 0.15) is 13.1 Å². The highest BCUT2D eigenvalue weighted by molar-refractivity contribution is 5.85. The van der Waals surface area contributed by atoms with Crippen molar-refractivity contribution >= 4 is 10.8 Å². The van der Waals surface area contributed by atoms with Crippen molar-refractivity contribution in [3.8, 4) is 0 Å². The largest absolute Gasteiger partial charge is 0.463 e. The third-order valence-corrected chi connectivity index (χ3v) is 3.17. The fraction of sp³-hybridized carbons (Fsp3) is 0.125. The summed E-state index contributed by atoms with van der Waals surface area (Å²) in [7, 11) is 0. The number of hydrogen-bond donors (Lipinski definition) is 1. The van der Waals surface area contributed by atoms with Crippen LogP contribution in [0.15, 0.2) is 65.3 Å². The summed E-state index contributed by atoms with van der Waals surface area (Å²) in [5.74, 6) is 1.02. The molecule has 0 aliphatic carbocycles. The molecule has 3 rings (SSSR count). The standard InChI is InChI=1S/C16H15NO/c1-2-9-16-13(5-1)6-3-7-14(16)11-17-12-15-8-4-10-18-15/h1-10,17H,11-12H2/p+1. The number of rotatable bonds is 4. The first-order valence-corrected chi connectivity index (χ1v) is 6.24. The van der Waals surface area contributed by atoms with Gasteiger partial charge < -0.3 is 9.73 Å². The van der Waals surface area contributed by atoms with Gasteiger partial charge in [-0.2, -0.15) is 0 Å². The molecule has 2 aromatic carbocycles. The zero-order valence-corrected chi connectivity index (χ0v) is 10.2. The Labute approximate surface area is 106 Å². The maximum Gasteiger partial charge on any atom is 0.157 e. The van der Waals surface area contributed by atoms with E-state index >= 15 is 0 Å². The van der Waals surface area contributed by atoms with Crippen molar-refractivity contribution < 1.29 is 9.73 Å². The molecule has 2 heteroatoms. The van der Waals surface area contributed by atoms with Crippen LogP contribution in [-0.2, 0) is 13.1 Å². The third kappa shape index (κ3) is 2.29. The molecule has 0 bridgehead atoms. The van der Waals surface area contributed by atoms with E-state index in [0.717, 1.165) is 18.8 Å². The van der Waals surface area contributed by atoms with E-state index in [4.69, 9.17) is 4.42 Å². The maximum absolute atomic E-state index is 5.33. The minimum Gasteiger partial charge on any atom is -0.463 e. The van der Waals surface area contributed by atoms with Gasteiger partial charge in [0.25, 0.3) is 0 Å². The van der Waals surface area contributed by atoms with Gasteiger partial charge in [-0.15, -0.1) is 0 Å². The lowest BCUT2D eigenvalue weighted by Crippen LogP contribution is -2.80. The van der Waals surface area contributed by atoms with Crippen LogP contribution in [0.4, 0.5) is 0 Å². The van der Waals surface area contributed by atoms with Gasteiger partial charge in [0, 0.05) is 5.56 Å². The Bertz CT molecular complexity index is 623. The summed E-state index contributed by atoms with van der Waals surface area (Å²) in [6.07, 6.45) is 1.72. The summed E-state index contributed by atoms with van der Waals surface area (Å²) >= 11 is 0. The normalized spacial score (nSPS) is 10.9. The minimum atomic E-state index is 0.885. The summed E-state index contributed by atoms with van der Waals surface area (Å²) in [5.41, 5.74) is 1.37. The van der Waals surface area contributed by atoms with Gasteiger partial charge in [0.2, 0.25) is 0 Å². The highest BCUT2D eigenvalue weighted by atomic mass is 16.3. The van der Waals surface area contributed by atoms with E-state index in [2.05, 4.69) is 47.8 Å². The molecule has 0 unspecified atom stereocenters. The molecule has 1 aromatic heterocycles. The molecule has 2 N–H and O–H groups in total. The number of benzene rings is 2. The molecule has 0 aliphatic rings. The quantitative estimate of drug-likeness (QED) is 0.744. The molecule has 18 heavy (non-hydrogen) atoms. The summed E-state index contributed by atoms with van der Waals surface area (Å²) < 4.78 is 5.33. The Morgan fingerprint density at radius 2 is 1.72 bits per heavy atom. The van der Waals surface area contributed by atoms with E-state index in [1.807, 2.05) is 12.1 Å². The fourth-order valence-corrected chi connectivity index (χ4v) is 2.27. The van der Waals surface area contributed by atoms with Crippen LogP contribution >= 0.6 is 0 Å². The van der Waals surface area contributed by atoms with Crippen LogP contribution in [0.25, 0.3) is 10.8 Å². The van der Waals surface area contributed by atoms with Crippen LogP contribution in [0.5, 0.6) is 0 Å². The maximum atomic E-state index is 5.33. The molecule has 0 radical (unpaired) electrons. The first-order chi connectivity index (χ1) is 8.93. The van der Waals surface area contributed by atoms with E-state index in [1.54, 1.807) is 6.26 Å². The van der Waals surface area contributed by atoms with Gasteiger partial charge in [-0.25, -0.2) is 0 Å². The molecule has 0 spiro atoms. The number of fused-ring (bicyclic) bond motifs is 1. The average Bonchev–Trinajstić information content (AvgIpc) is 2.92. The van der Waals surface area contributed by atoms with E-state index < -0.39 is 0 Å². The Kier molecular flexibility index (Phi) is 3.11. The first kappa shape index (κ1) is 11.1. The van der Waals surface area contributed by atoms with Crippen LogP contribution in [0.3, 0.4) is 0 Å². The zero-order valence-electron chi connectivity index (χ0n) is 10.2. The molecule has 0 atom stereocenters. The monoisotopic (exact) mass is 238 g/mol. The van der Waals surface area contributed by atoms with Crippen molar-refractivity contribution in [3.05, 3.63) is 72.2 Å². The molecular weight excluding hydrogens is 222 g/mol. The zero-order chi connectivity index (χ0) is 12.2. The molecule has 2 nitrogen and oxygen atoms in total. The van der Waals surface area contributed by atoms with Crippen molar-refractivity contribution in [2.75, 3.05) is 0 Å². The molecule has 90 valence electrons. The molecule has 1 heterocycles. The molecule has 0 amide bonds. The van der Waals surface area contributed by atoms with Crippen LogP contribution in [-0.4, -0.2) is 0 Å². The Morgan fingerprint density at radius 3 is 2.61 bits per heavy atom. The Morgan fingerprint density at radius 1 is 0.833 bits per heavy atom. The van der Waals surface area contributed by atoms with Gasteiger partial charge >= 0.3 is 0 Å². The highest BCUT2D eigenvalue weighted by Gasteiger charge is 2.03. The summed E-state index contributed by atoms with van der Waals surface area (Å²) in [4.78, 5) is 0. The van der Waals surface area contributed by atoms with Gasteiger partial charge in [-0.1, -0.05) is 42.5 Å². The van der Waals surface area contributed by atoms with Gasteiger partial charge in [0.15, 0.2) is 5.76 Å². The van der Waals surface area contributed by atoms with Crippen molar-refractivity contribution in [3.63, 3.8) is 0 Å². The lowest BCUT2D eigenvalue weighted by Gasteiger charge is -2.05. The van der Waals surface area contributed by atoms with Crippen LogP contribution in [0.1, 0.15) is 11.3 Å². The summed E-state index contributed by atoms with van der Waals surface area (Å²) in [6, 6.07) is 18.9. The predicted molar refractivity (Wildman–Crippen MR) is 72.0 cm³/mol. The minimum absolute atomic E-state index is 0.885. The van der Waals surface area contributed by atoms with Crippen LogP contribution in [0.2, 0.25) is 0 Å². The summed E-state index contributed by atoms with van der Waals surface area (Å²) in [6.45, 7) is 1.86. The van der Waals surface area contributed by atoms with Gasteiger partial charge in [-0.05, 0) is 22.9 Å². The molecule has 3 aromatic rings. The van der Waals surface area contributed by atoms with Crippen molar-refractivity contribution in [2.24, 2.45) is 0 Å². The second kappa shape index (κ2) is 5.07. The third-order valence-electron chi connectivity index (χ3n) is 3.17.